The van der Waals surface area contributed by atoms with Gasteiger partial charge in [-0.15, -0.1) is 10.2 Å². The van der Waals surface area contributed by atoms with Gasteiger partial charge in [0.2, 0.25) is 5.95 Å². The molecule has 7 heteroatoms. The van der Waals surface area contributed by atoms with E-state index in [1.165, 1.54) is 0 Å². The van der Waals surface area contributed by atoms with Gasteiger partial charge < -0.3 is 20.9 Å². The minimum atomic E-state index is 0.0437. The van der Waals surface area contributed by atoms with Gasteiger partial charge in [0.1, 0.15) is 5.69 Å². The van der Waals surface area contributed by atoms with Crippen molar-refractivity contribution in [3.05, 3.63) is 18.2 Å². The van der Waals surface area contributed by atoms with Crippen LogP contribution in [-0.4, -0.2) is 28.4 Å². The van der Waals surface area contributed by atoms with E-state index in [4.69, 9.17) is 20.9 Å². The zero-order valence-electron chi connectivity index (χ0n) is 11.5. The number of nitrogen functional groups attached to an aromatic ring is 2. The molecule has 0 aliphatic rings. The molecule has 0 fully saturated rings. The number of hydrogen-bond acceptors (Lipinski definition) is 7. The molecule has 2 rings (SSSR count). The minimum Gasteiger partial charge on any atom is -0.490 e. The molecule has 20 heavy (non-hydrogen) atoms. The van der Waals surface area contributed by atoms with Gasteiger partial charge in [0.25, 0.3) is 0 Å². The Bertz CT molecular complexity index is 603. The first-order valence-corrected chi connectivity index (χ1v) is 6.31. The molecule has 0 unspecified atom stereocenters. The predicted molar refractivity (Wildman–Crippen MR) is 76.4 cm³/mol. The Morgan fingerprint density at radius 3 is 2.35 bits per heavy atom. The summed E-state index contributed by atoms with van der Waals surface area (Å²) < 4.78 is 11.1. The maximum atomic E-state index is 5.81. The van der Waals surface area contributed by atoms with Crippen molar-refractivity contribution in [3.63, 3.8) is 0 Å². The van der Waals surface area contributed by atoms with Crippen LogP contribution in [0.3, 0.4) is 0 Å². The van der Waals surface area contributed by atoms with Crippen molar-refractivity contribution in [3.8, 4) is 22.8 Å². The van der Waals surface area contributed by atoms with Crippen LogP contribution in [0.25, 0.3) is 11.3 Å². The lowest BCUT2D eigenvalue weighted by atomic mass is 10.1. The summed E-state index contributed by atoms with van der Waals surface area (Å²) in [6.45, 7) is 4.91. The zero-order valence-corrected chi connectivity index (χ0v) is 11.5. The molecule has 1 aromatic heterocycles. The average Bonchev–Trinajstić information content (AvgIpc) is 2.41. The van der Waals surface area contributed by atoms with Gasteiger partial charge in [-0.3, -0.25) is 0 Å². The molecule has 2 aromatic rings. The second kappa shape index (κ2) is 6.05. The summed E-state index contributed by atoms with van der Waals surface area (Å²) in [4.78, 5) is 3.89. The fourth-order valence-corrected chi connectivity index (χ4v) is 1.76. The lowest BCUT2D eigenvalue weighted by Crippen LogP contribution is -2.05. The van der Waals surface area contributed by atoms with Crippen molar-refractivity contribution >= 4 is 11.8 Å². The van der Waals surface area contributed by atoms with Crippen LogP contribution in [0.5, 0.6) is 11.5 Å². The van der Waals surface area contributed by atoms with Crippen molar-refractivity contribution in [2.45, 2.75) is 13.8 Å². The molecule has 7 nitrogen and oxygen atoms in total. The number of rotatable bonds is 5. The molecule has 0 radical (unpaired) electrons. The van der Waals surface area contributed by atoms with E-state index in [2.05, 4.69) is 15.2 Å². The number of benzene rings is 1. The Kier molecular flexibility index (Phi) is 4.19. The van der Waals surface area contributed by atoms with Crippen LogP contribution in [0.15, 0.2) is 18.2 Å². The predicted octanol–water partition coefficient (Wildman–Crippen LogP) is 1.50. The second-order valence-electron chi connectivity index (χ2n) is 3.93. The van der Waals surface area contributed by atoms with Crippen LogP contribution in [0.2, 0.25) is 0 Å². The average molecular weight is 275 g/mol. The maximum absolute atomic E-state index is 5.81. The number of aromatic nitrogens is 3. The lowest BCUT2D eigenvalue weighted by molar-refractivity contribution is 0.288. The highest BCUT2D eigenvalue weighted by molar-refractivity contribution is 5.72. The SMILES string of the molecule is CCOc1ccc(-c2nnc(N)nc2N)cc1OCC. The summed E-state index contributed by atoms with van der Waals surface area (Å²) in [5.41, 5.74) is 12.5. The topological polar surface area (TPSA) is 109 Å². The van der Waals surface area contributed by atoms with E-state index < -0.39 is 0 Å². The standard InChI is InChI=1S/C13H17N5O2/c1-3-19-9-6-5-8(7-10(9)20-4-2)11-12(14)16-13(15)18-17-11/h5-7H,3-4H2,1-2H3,(H4,14,15,16,18). The van der Waals surface area contributed by atoms with Crippen molar-refractivity contribution < 1.29 is 9.47 Å². The van der Waals surface area contributed by atoms with Crippen LogP contribution in [-0.2, 0) is 0 Å². The summed E-state index contributed by atoms with van der Waals surface area (Å²) in [5, 5.41) is 7.68. The van der Waals surface area contributed by atoms with Crippen LogP contribution in [0.4, 0.5) is 11.8 Å². The van der Waals surface area contributed by atoms with E-state index in [0.717, 1.165) is 5.56 Å². The van der Waals surface area contributed by atoms with Crippen molar-refractivity contribution in [1.29, 1.82) is 0 Å². The van der Waals surface area contributed by atoms with E-state index in [9.17, 15) is 0 Å². The molecular weight excluding hydrogens is 258 g/mol. The zero-order chi connectivity index (χ0) is 14.5. The highest BCUT2D eigenvalue weighted by Crippen LogP contribution is 2.33. The van der Waals surface area contributed by atoms with Gasteiger partial charge in [0.05, 0.1) is 13.2 Å². The molecular formula is C13H17N5O2. The largest absolute Gasteiger partial charge is 0.490 e. The molecule has 4 N–H and O–H groups in total. The maximum Gasteiger partial charge on any atom is 0.242 e. The molecule has 1 heterocycles. The summed E-state index contributed by atoms with van der Waals surface area (Å²) in [7, 11) is 0. The van der Waals surface area contributed by atoms with E-state index >= 15 is 0 Å². The Hall–Kier alpha value is -2.57. The molecule has 0 aliphatic carbocycles. The minimum absolute atomic E-state index is 0.0437. The van der Waals surface area contributed by atoms with Crippen LogP contribution in [0.1, 0.15) is 13.8 Å². The van der Waals surface area contributed by atoms with Crippen molar-refractivity contribution in [2.24, 2.45) is 0 Å². The summed E-state index contributed by atoms with van der Waals surface area (Å²) in [5.74, 6) is 1.57. The third-order valence-electron chi connectivity index (χ3n) is 2.55. The Balaban J connectivity index is 2.44. The van der Waals surface area contributed by atoms with Gasteiger partial charge in [0.15, 0.2) is 17.3 Å². The summed E-state index contributed by atoms with van der Waals surface area (Å²) in [6, 6.07) is 5.43. The van der Waals surface area contributed by atoms with Crippen molar-refractivity contribution in [2.75, 3.05) is 24.7 Å². The number of anilines is 2. The molecule has 106 valence electrons. The molecule has 0 saturated heterocycles. The normalized spacial score (nSPS) is 10.3. The number of nitrogens with two attached hydrogens (primary N) is 2. The summed E-state index contributed by atoms with van der Waals surface area (Å²) in [6.07, 6.45) is 0. The van der Waals surface area contributed by atoms with Crippen molar-refractivity contribution in [1.82, 2.24) is 15.2 Å². The quantitative estimate of drug-likeness (QED) is 0.850. The monoisotopic (exact) mass is 275 g/mol. The summed E-state index contributed by atoms with van der Waals surface area (Å²) >= 11 is 0. The fourth-order valence-electron chi connectivity index (χ4n) is 1.76. The molecule has 0 bridgehead atoms. The first-order chi connectivity index (χ1) is 9.65. The van der Waals surface area contributed by atoms with Gasteiger partial charge in [-0.1, -0.05) is 0 Å². The van der Waals surface area contributed by atoms with E-state index in [0.29, 0.717) is 30.4 Å². The Morgan fingerprint density at radius 1 is 1.00 bits per heavy atom. The second-order valence-corrected chi connectivity index (χ2v) is 3.93. The van der Waals surface area contributed by atoms with Gasteiger partial charge in [0, 0.05) is 5.56 Å². The number of hydrogen-bond donors (Lipinski definition) is 2. The fraction of sp³-hybridized carbons (Fsp3) is 0.308. The van der Waals surface area contributed by atoms with E-state index in [1.54, 1.807) is 12.1 Å². The molecule has 0 amide bonds. The van der Waals surface area contributed by atoms with Gasteiger partial charge in [-0.05, 0) is 32.0 Å². The number of ether oxygens (including phenoxy) is 2. The highest BCUT2D eigenvalue weighted by Gasteiger charge is 2.12. The molecule has 1 aromatic carbocycles. The van der Waals surface area contributed by atoms with Crippen LogP contribution in [0, 0.1) is 0 Å². The van der Waals surface area contributed by atoms with Crippen LogP contribution >= 0.6 is 0 Å². The highest BCUT2D eigenvalue weighted by atomic mass is 16.5. The van der Waals surface area contributed by atoms with E-state index in [-0.39, 0.29) is 11.8 Å². The Labute approximate surface area is 116 Å². The molecule has 0 atom stereocenters. The third-order valence-corrected chi connectivity index (χ3v) is 2.55. The van der Waals surface area contributed by atoms with Crippen LogP contribution < -0.4 is 20.9 Å². The molecule has 0 spiro atoms. The third kappa shape index (κ3) is 2.87. The molecule has 0 aliphatic heterocycles. The molecule has 0 saturated carbocycles. The van der Waals surface area contributed by atoms with Gasteiger partial charge >= 0.3 is 0 Å². The first kappa shape index (κ1) is 13.9. The van der Waals surface area contributed by atoms with Gasteiger partial charge in [-0.25, -0.2) is 0 Å². The van der Waals surface area contributed by atoms with Gasteiger partial charge in [-0.2, -0.15) is 4.98 Å². The lowest BCUT2D eigenvalue weighted by Gasteiger charge is -2.12. The Morgan fingerprint density at radius 2 is 1.70 bits per heavy atom. The smallest absolute Gasteiger partial charge is 0.242 e. The first-order valence-electron chi connectivity index (χ1n) is 6.31. The van der Waals surface area contributed by atoms with E-state index in [1.807, 2.05) is 19.9 Å². The number of nitrogens with zero attached hydrogens (tertiary/aromatic N) is 3.